The van der Waals surface area contributed by atoms with E-state index in [-0.39, 0.29) is 0 Å². The largest absolute Gasteiger partial charge is 0.464 e. The van der Waals surface area contributed by atoms with E-state index in [2.05, 4.69) is 38.2 Å². The number of hydrogen-bond acceptors (Lipinski definition) is 7. The van der Waals surface area contributed by atoms with Crippen LogP contribution in [0.15, 0.2) is 30.9 Å². The summed E-state index contributed by atoms with van der Waals surface area (Å²) < 4.78 is 23.6. The molecule has 34 heavy (non-hydrogen) atoms. The maximum atomic E-state index is 14.0. The number of aryl methyl sites for hydroxylation is 1. The van der Waals surface area contributed by atoms with Gasteiger partial charge in [-0.05, 0) is 58.8 Å². The second-order valence-electron chi connectivity index (χ2n) is 8.93. The Labute approximate surface area is 197 Å². The molecule has 0 bridgehead atoms. The number of hydrogen-bond donors (Lipinski definition) is 0. The fourth-order valence-corrected chi connectivity index (χ4v) is 4.49. The lowest BCUT2D eigenvalue weighted by molar-refractivity contribution is 0.201. The molecule has 0 amide bonds. The third-order valence-electron chi connectivity index (χ3n) is 6.30. The van der Waals surface area contributed by atoms with Gasteiger partial charge in [0.2, 0.25) is 0 Å². The highest BCUT2D eigenvalue weighted by Crippen LogP contribution is 2.27. The Balaban J connectivity index is 1.50. The van der Waals surface area contributed by atoms with Gasteiger partial charge >= 0.3 is 6.01 Å². The molecule has 178 valence electrons. The fourth-order valence-electron chi connectivity index (χ4n) is 4.49. The monoisotopic (exact) mass is 464 g/mol. The maximum absolute atomic E-state index is 14.0. The highest BCUT2D eigenvalue weighted by Gasteiger charge is 2.21. The van der Waals surface area contributed by atoms with Gasteiger partial charge in [-0.25, -0.2) is 9.37 Å². The first-order valence-electron chi connectivity index (χ1n) is 11.7. The molecular weight excluding hydrogens is 435 g/mol. The summed E-state index contributed by atoms with van der Waals surface area (Å²) in [5, 5.41) is 4.61. The van der Waals surface area contributed by atoms with Crippen LogP contribution < -0.4 is 4.74 Å². The number of fused-ring (bicyclic) bond motifs is 1. The molecule has 1 aliphatic rings. The Kier molecular flexibility index (Phi) is 6.23. The van der Waals surface area contributed by atoms with Crippen molar-refractivity contribution in [3.05, 3.63) is 47.9 Å². The van der Waals surface area contributed by atoms with Gasteiger partial charge in [0.05, 0.1) is 31.2 Å². The van der Waals surface area contributed by atoms with Crippen molar-refractivity contribution < 1.29 is 9.13 Å². The number of ether oxygens (including phenoxy) is 1. The summed E-state index contributed by atoms with van der Waals surface area (Å²) in [4.78, 5) is 20.2. The zero-order valence-corrected chi connectivity index (χ0v) is 19.8. The minimum absolute atomic E-state index is 0.301. The lowest BCUT2D eigenvalue weighted by Gasteiger charge is -2.28. The molecule has 0 N–H and O–H groups in total. The maximum Gasteiger partial charge on any atom is 0.318 e. The summed E-state index contributed by atoms with van der Waals surface area (Å²) in [6.45, 7) is 7.88. The Morgan fingerprint density at radius 2 is 1.94 bits per heavy atom. The summed E-state index contributed by atoms with van der Waals surface area (Å²) in [7, 11) is 2.17. The van der Waals surface area contributed by atoms with Crippen molar-refractivity contribution in [2.24, 2.45) is 5.92 Å². The van der Waals surface area contributed by atoms with Crippen LogP contribution in [0.3, 0.4) is 0 Å². The van der Waals surface area contributed by atoms with Gasteiger partial charge in [-0.15, -0.1) is 0 Å². The smallest absolute Gasteiger partial charge is 0.318 e. The third-order valence-corrected chi connectivity index (χ3v) is 6.30. The molecule has 4 aromatic rings. The van der Waals surface area contributed by atoms with Gasteiger partial charge in [0.1, 0.15) is 17.2 Å². The zero-order valence-electron chi connectivity index (χ0n) is 19.8. The summed E-state index contributed by atoms with van der Waals surface area (Å²) in [6, 6.07) is 1.73. The van der Waals surface area contributed by atoms with E-state index in [4.69, 9.17) is 9.72 Å². The Morgan fingerprint density at radius 3 is 2.71 bits per heavy atom. The van der Waals surface area contributed by atoms with Crippen LogP contribution in [0, 0.1) is 18.7 Å². The lowest BCUT2D eigenvalue weighted by Crippen LogP contribution is -2.31. The standard InChI is InChI=1S/C24H29FN8O/c1-4-34-24-28-16(2)21-23(30-24)33(22(29-21)19-9-20(25)12-26-11-19)15-18-10-27-32(14-18)13-17-5-7-31(3)8-6-17/h9-12,14,17H,4-8,13,15H2,1-3H3. The summed E-state index contributed by atoms with van der Waals surface area (Å²) in [6.07, 6.45) is 9.12. The van der Waals surface area contributed by atoms with E-state index in [1.165, 1.54) is 25.1 Å². The first-order valence-corrected chi connectivity index (χ1v) is 11.7. The second kappa shape index (κ2) is 9.46. The Hall–Kier alpha value is -3.40. The molecule has 0 unspecified atom stereocenters. The van der Waals surface area contributed by atoms with Crippen molar-refractivity contribution in [2.45, 2.75) is 39.8 Å². The van der Waals surface area contributed by atoms with E-state index in [1.54, 1.807) is 6.20 Å². The number of halogens is 1. The van der Waals surface area contributed by atoms with Gasteiger partial charge in [0.25, 0.3) is 0 Å². The predicted octanol–water partition coefficient (Wildman–Crippen LogP) is 3.32. The average Bonchev–Trinajstić information content (AvgIpc) is 3.41. The van der Waals surface area contributed by atoms with E-state index < -0.39 is 5.82 Å². The predicted molar refractivity (Wildman–Crippen MR) is 126 cm³/mol. The summed E-state index contributed by atoms with van der Waals surface area (Å²) in [5.41, 5.74) is 3.59. The highest BCUT2D eigenvalue weighted by atomic mass is 19.1. The normalized spacial score (nSPS) is 15.3. The lowest BCUT2D eigenvalue weighted by atomic mass is 9.97. The fraction of sp³-hybridized carbons (Fsp3) is 0.458. The molecule has 0 aromatic carbocycles. The number of piperidine rings is 1. The number of aromatic nitrogens is 7. The van der Waals surface area contributed by atoms with Crippen molar-refractivity contribution in [2.75, 3.05) is 26.7 Å². The van der Waals surface area contributed by atoms with Crippen LogP contribution in [0.2, 0.25) is 0 Å². The summed E-state index contributed by atoms with van der Waals surface area (Å²) in [5.74, 6) is 0.798. The molecular formula is C24H29FN8O. The van der Waals surface area contributed by atoms with E-state index in [9.17, 15) is 4.39 Å². The van der Waals surface area contributed by atoms with E-state index >= 15 is 0 Å². The van der Waals surface area contributed by atoms with Gasteiger partial charge in [-0.3, -0.25) is 9.67 Å². The molecule has 1 fully saturated rings. The van der Waals surface area contributed by atoms with Crippen LogP contribution in [0.5, 0.6) is 6.01 Å². The van der Waals surface area contributed by atoms with Crippen LogP contribution in [0.4, 0.5) is 4.39 Å². The number of likely N-dealkylation sites (tertiary alicyclic amines) is 1. The van der Waals surface area contributed by atoms with Gasteiger partial charge in [0, 0.05) is 30.1 Å². The van der Waals surface area contributed by atoms with Gasteiger partial charge < -0.3 is 14.2 Å². The first-order chi connectivity index (χ1) is 16.5. The minimum atomic E-state index is -0.417. The minimum Gasteiger partial charge on any atom is -0.464 e. The van der Waals surface area contributed by atoms with E-state index in [0.717, 1.165) is 25.2 Å². The summed E-state index contributed by atoms with van der Waals surface area (Å²) >= 11 is 0. The van der Waals surface area contributed by atoms with Crippen LogP contribution in [-0.4, -0.2) is 65.9 Å². The molecule has 1 saturated heterocycles. The second-order valence-corrected chi connectivity index (χ2v) is 8.93. The first kappa shape index (κ1) is 22.4. The van der Waals surface area contributed by atoms with Crippen LogP contribution in [0.1, 0.15) is 31.0 Å². The van der Waals surface area contributed by atoms with Crippen LogP contribution >= 0.6 is 0 Å². The molecule has 5 rings (SSSR count). The Bertz CT molecular complexity index is 1290. The van der Waals surface area contributed by atoms with Crippen molar-refractivity contribution in [1.29, 1.82) is 0 Å². The third kappa shape index (κ3) is 4.63. The van der Waals surface area contributed by atoms with Crippen molar-refractivity contribution in [1.82, 2.24) is 39.2 Å². The molecule has 0 radical (unpaired) electrons. The van der Waals surface area contributed by atoms with Gasteiger partial charge in [0.15, 0.2) is 5.65 Å². The number of pyridine rings is 1. The number of rotatable bonds is 7. The number of imidazole rings is 1. The van der Waals surface area contributed by atoms with Crippen molar-refractivity contribution in [3.8, 4) is 17.4 Å². The molecule has 5 heterocycles. The number of nitrogens with zero attached hydrogens (tertiary/aromatic N) is 8. The average molecular weight is 465 g/mol. The molecule has 0 saturated carbocycles. The highest BCUT2D eigenvalue weighted by molar-refractivity contribution is 5.79. The molecule has 9 nitrogen and oxygen atoms in total. The quantitative estimate of drug-likeness (QED) is 0.415. The molecule has 4 aromatic heterocycles. The molecule has 0 spiro atoms. The van der Waals surface area contributed by atoms with E-state index in [1.807, 2.05) is 29.3 Å². The van der Waals surface area contributed by atoms with Gasteiger partial charge in [-0.1, -0.05) is 0 Å². The van der Waals surface area contributed by atoms with Crippen LogP contribution in [-0.2, 0) is 13.1 Å². The van der Waals surface area contributed by atoms with Crippen molar-refractivity contribution >= 4 is 11.2 Å². The molecule has 1 aliphatic heterocycles. The molecule has 0 atom stereocenters. The Morgan fingerprint density at radius 1 is 1.12 bits per heavy atom. The van der Waals surface area contributed by atoms with Crippen molar-refractivity contribution in [3.63, 3.8) is 0 Å². The van der Waals surface area contributed by atoms with Gasteiger partial charge in [-0.2, -0.15) is 15.1 Å². The SMILES string of the molecule is CCOc1nc(C)c2nc(-c3cncc(F)c3)n(Cc3cnn(CC4CCN(C)CC4)c3)c2n1. The zero-order chi connectivity index (χ0) is 23.7. The topological polar surface area (TPSA) is 86.8 Å². The van der Waals surface area contributed by atoms with Crippen LogP contribution in [0.25, 0.3) is 22.6 Å². The van der Waals surface area contributed by atoms with E-state index in [0.29, 0.717) is 53.3 Å². The molecule has 0 aliphatic carbocycles. The molecule has 10 heteroatoms.